The number of benzene rings is 1. The molecule has 0 bridgehead atoms. The van der Waals surface area contributed by atoms with E-state index >= 15 is 0 Å². The van der Waals surface area contributed by atoms with Crippen LogP contribution in [0.5, 0.6) is 11.5 Å². The third-order valence-electron chi connectivity index (χ3n) is 4.21. The Morgan fingerprint density at radius 1 is 1.12 bits per heavy atom. The van der Waals surface area contributed by atoms with Crippen molar-refractivity contribution >= 4 is 15.7 Å². The van der Waals surface area contributed by atoms with Gasteiger partial charge in [0.15, 0.2) is 9.84 Å². The normalized spacial score (nSPS) is 14.9. The summed E-state index contributed by atoms with van der Waals surface area (Å²) in [5.74, 6) is 1.43. The Balaban J connectivity index is 1.81. The van der Waals surface area contributed by atoms with Gasteiger partial charge < -0.3 is 19.1 Å². The van der Waals surface area contributed by atoms with Gasteiger partial charge in [0.25, 0.3) is 0 Å². The SMILES string of the molecule is COc1ccc(OC)c(S(=O)(=O)Cc2ccc(N3CCOCC3)nc2)c1. The van der Waals surface area contributed by atoms with Crippen LogP contribution in [0, 0.1) is 0 Å². The van der Waals surface area contributed by atoms with Crippen LogP contribution in [0.2, 0.25) is 0 Å². The van der Waals surface area contributed by atoms with Gasteiger partial charge in [-0.25, -0.2) is 13.4 Å². The maximum Gasteiger partial charge on any atom is 0.186 e. The lowest BCUT2D eigenvalue weighted by atomic mass is 10.3. The highest BCUT2D eigenvalue weighted by Crippen LogP contribution is 2.30. The number of nitrogens with zero attached hydrogens (tertiary/aromatic N) is 2. The number of rotatable bonds is 6. The Kier molecular flexibility index (Phi) is 5.63. The van der Waals surface area contributed by atoms with Crippen molar-refractivity contribution < 1.29 is 22.6 Å². The molecule has 0 atom stereocenters. The van der Waals surface area contributed by atoms with Gasteiger partial charge in [0, 0.05) is 25.4 Å². The Morgan fingerprint density at radius 3 is 2.50 bits per heavy atom. The summed E-state index contributed by atoms with van der Waals surface area (Å²) in [4.78, 5) is 6.63. The molecule has 7 nitrogen and oxygen atoms in total. The van der Waals surface area contributed by atoms with E-state index in [9.17, 15) is 8.42 Å². The first-order valence-electron chi connectivity index (χ1n) is 8.26. The van der Waals surface area contributed by atoms with Gasteiger partial charge in [0.05, 0.1) is 33.2 Å². The summed E-state index contributed by atoms with van der Waals surface area (Å²) in [6.07, 6.45) is 1.61. The number of methoxy groups -OCH3 is 2. The van der Waals surface area contributed by atoms with Crippen LogP contribution in [0.15, 0.2) is 41.4 Å². The molecule has 0 N–H and O–H groups in total. The molecule has 0 amide bonds. The predicted molar refractivity (Wildman–Crippen MR) is 97.7 cm³/mol. The molecule has 2 heterocycles. The van der Waals surface area contributed by atoms with E-state index in [1.807, 2.05) is 6.07 Å². The number of hydrogen-bond donors (Lipinski definition) is 0. The fourth-order valence-corrected chi connectivity index (χ4v) is 4.32. The molecule has 1 aliphatic rings. The highest BCUT2D eigenvalue weighted by molar-refractivity contribution is 7.90. The second-order valence-electron chi connectivity index (χ2n) is 5.90. The van der Waals surface area contributed by atoms with Gasteiger partial charge in [0.1, 0.15) is 22.2 Å². The summed E-state index contributed by atoms with van der Waals surface area (Å²) in [7, 11) is -0.668. The lowest BCUT2D eigenvalue weighted by Crippen LogP contribution is -2.36. The van der Waals surface area contributed by atoms with Crippen molar-refractivity contribution in [2.24, 2.45) is 0 Å². The summed E-state index contributed by atoms with van der Waals surface area (Å²) in [6.45, 7) is 2.91. The van der Waals surface area contributed by atoms with Crippen molar-refractivity contribution in [3.63, 3.8) is 0 Å². The molecule has 3 rings (SSSR count). The predicted octanol–water partition coefficient (Wildman–Crippen LogP) is 1.91. The van der Waals surface area contributed by atoms with E-state index in [0.29, 0.717) is 30.3 Å². The van der Waals surface area contributed by atoms with Crippen molar-refractivity contribution in [2.45, 2.75) is 10.6 Å². The highest BCUT2D eigenvalue weighted by atomic mass is 32.2. The largest absolute Gasteiger partial charge is 0.497 e. The molecule has 0 saturated carbocycles. The monoisotopic (exact) mass is 378 g/mol. The minimum Gasteiger partial charge on any atom is -0.497 e. The molecule has 26 heavy (non-hydrogen) atoms. The number of hydrogen-bond acceptors (Lipinski definition) is 7. The van der Waals surface area contributed by atoms with Gasteiger partial charge in [-0.05, 0) is 23.8 Å². The summed E-state index contributed by atoms with van der Waals surface area (Å²) in [5.41, 5.74) is 0.617. The summed E-state index contributed by atoms with van der Waals surface area (Å²) in [5, 5.41) is 0. The first kappa shape index (κ1) is 18.5. The lowest BCUT2D eigenvalue weighted by molar-refractivity contribution is 0.122. The molecule has 1 aromatic carbocycles. The molecule has 2 aromatic rings. The Bertz CT molecular complexity index is 846. The van der Waals surface area contributed by atoms with Crippen LogP contribution >= 0.6 is 0 Å². The zero-order valence-corrected chi connectivity index (χ0v) is 15.7. The molecule has 1 saturated heterocycles. The van der Waals surface area contributed by atoms with Crippen molar-refractivity contribution in [3.8, 4) is 11.5 Å². The Morgan fingerprint density at radius 2 is 1.88 bits per heavy atom. The topological polar surface area (TPSA) is 78.0 Å². The fourth-order valence-electron chi connectivity index (χ4n) is 2.81. The average molecular weight is 378 g/mol. The molecular formula is C18H22N2O5S. The maximum absolute atomic E-state index is 12.8. The number of ether oxygens (including phenoxy) is 3. The Hall–Kier alpha value is -2.32. The van der Waals surface area contributed by atoms with Gasteiger partial charge in [0.2, 0.25) is 0 Å². The van der Waals surface area contributed by atoms with E-state index < -0.39 is 9.84 Å². The first-order chi connectivity index (χ1) is 12.5. The van der Waals surface area contributed by atoms with Crippen molar-refractivity contribution in [1.82, 2.24) is 4.98 Å². The molecule has 8 heteroatoms. The van der Waals surface area contributed by atoms with Gasteiger partial charge in [-0.15, -0.1) is 0 Å². The second kappa shape index (κ2) is 7.92. The lowest BCUT2D eigenvalue weighted by Gasteiger charge is -2.27. The van der Waals surface area contributed by atoms with E-state index in [0.717, 1.165) is 18.9 Å². The minimum absolute atomic E-state index is 0.108. The molecule has 1 fully saturated rings. The molecule has 0 aliphatic carbocycles. The number of sulfone groups is 1. The van der Waals surface area contributed by atoms with E-state index in [1.165, 1.54) is 20.3 Å². The van der Waals surface area contributed by atoms with Crippen molar-refractivity contribution in [1.29, 1.82) is 0 Å². The molecule has 0 unspecified atom stereocenters. The zero-order chi connectivity index (χ0) is 18.6. The number of anilines is 1. The van der Waals surface area contributed by atoms with E-state index in [-0.39, 0.29) is 10.6 Å². The van der Waals surface area contributed by atoms with E-state index in [4.69, 9.17) is 14.2 Å². The number of morpholine rings is 1. The average Bonchev–Trinajstić information content (AvgIpc) is 2.68. The number of pyridine rings is 1. The quantitative estimate of drug-likeness (QED) is 0.760. The number of aromatic nitrogens is 1. The Labute approximate surface area is 153 Å². The summed E-state index contributed by atoms with van der Waals surface area (Å²) < 4.78 is 41.4. The third kappa shape index (κ3) is 4.08. The van der Waals surface area contributed by atoms with Crippen LogP contribution in [0.25, 0.3) is 0 Å². The maximum atomic E-state index is 12.8. The van der Waals surface area contributed by atoms with E-state index in [1.54, 1.807) is 24.4 Å². The molecule has 1 aliphatic heterocycles. The van der Waals surface area contributed by atoms with Gasteiger partial charge in [-0.1, -0.05) is 6.07 Å². The van der Waals surface area contributed by atoms with E-state index in [2.05, 4.69) is 9.88 Å². The summed E-state index contributed by atoms with van der Waals surface area (Å²) in [6, 6.07) is 8.37. The fraction of sp³-hybridized carbons (Fsp3) is 0.389. The van der Waals surface area contributed by atoms with Gasteiger partial charge in [-0.2, -0.15) is 0 Å². The standard InChI is InChI=1S/C18H22N2O5S/c1-23-15-4-5-16(24-2)17(11-15)26(21,22)13-14-3-6-18(19-12-14)20-7-9-25-10-8-20/h3-6,11-12H,7-10,13H2,1-2H3. The van der Waals surface area contributed by atoms with Crippen molar-refractivity contribution in [3.05, 3.63) is 42.1 Å². The molecule has 0 radical (unpaired) electrons. The third-order valence-corrected chi connectivity index (χ3v) is 5.91. The molecule has 1 aromatic heterocycles. The van der Waals surface area contributed by atoms with Crippen LogP contribution in [0.3, 0.4) is 0 Å². The van der Waals surface area contributed by atoms with Crippen LogP contribution in [-0.4, -0.2) is 53.9 Å². The smallest absolute Gasteiger partial charge is 0.186 e. The highest BCUT2D eigenvalue weighted by Gasteiger charge is 2.22. The van der Waals surface area contributed by atoms with Crippen LogP contribution in [0.4, 0.5) is 5.82 Å². The first-order valence-corrected chi connectivity index (χ1v) is 9.91. The van der Waals surface area contributed by atoms with Gasteiger partial charge >= 0.3 is 0 Å². The van der Waals surface area contributed by atoms with Crippen LogP contribution in [-0.2, 0) is 20.3 Å². The molecular weight excluding hydrogens is 356 g/mol. The molecule has 140 valence electrons. The second-order valence-corrected chi connectivity index (χ2v) is 7.86. The van der Waals surface area contributed by atoms with Crippen LogP contribution < -0.4 is 14.4 Å². The molecule has 0 spiro atoms. The zero-order valence-electron chi connectivity index (χ0n) is 14.8. The summed E-state index contributed by atoms with van der Waals surface area (Å²) >= 11 is 0. The van der Waals surface area contributed by atoms with Crippen LogP contribution in [0.1, 0.15) is 5.56 Å². The minimum atomic E-state index is -3.60. The van der Waals surface area contributed by atoms with Crippen molar-refractivity contribution in [2.75, 3.05) is 45.4 Å². The van der Waals surface area contributed by atoms with Gasteiger partial charge in [-0.3, -0.25) is 0 Å².